The second-order valence-electron chi connectivity index (χ2n) is 7.73. The molecular weight excluding hydrogens is 418 g/mol. The molecule has 2 aromatic carbocycles. The molecule has 0 aliphatic rings. The van der Waals surface area contributed by atoms with Gasteiger partial charge in [-0.05, 0) is 0 Å². The van der Waals surface area contributed by atoms with Gasteiger partial charge >= 0.3 is 179 Å². The van der Waals surface area contributed by atoms with E-state index in [0.29, 0.717) is 0 Å². The predicted octanol–water partition coefficient (Wildman–Crippen LogP) is 6.62. The summed E-state index contributed by atoms with van der Waals surface area (Å²) in [5, 5.41) is 0. The summed E-state index contributed by atoms with van der Waals surface area (Å²) in [6.07, 6.45) is 6.61. The molecule has 29 heavy (non-hydrogen) atoms. The van der Waals surface area contributed by atoms with Gasteiger partial charge in [0.2, 0.25) is 0 Å². The van der Waals surface area contributed by atoms with Gasteiger partial charge in [-0.25, -0.2) is 0 Å². The first kappa shape index (κ1) is 24.5. The van der Waals surface area contributed by atoms with Gasteiger partial charge in [0.25, 0.3) is 0 Å². The predicted molar refractivity (Wildman–Crippen MR) is 131 cm³/mol. The Bertz CT molecular complexity index is 846. The van der Waals surface area contributed by atoms with Crippen LogP contribution in [0.2, 0.25) is 0 Å². The molecule has 0 atom stereocenters. The zero-order valence-electron chi connectivity index (χ0n) is 18.3. The normalized spacial score (nSPS) is 13.9. The molecule has 0 radical (unpaired) electrons. The minimum atomic E-state index is -3.82. The first-order valence-corrected chi connectivity index (χ1v) is 16.8. The van der Waals surface area contributed by atoms with E-state index in [9.17, 15) is 8.42 Å². The van der Waals surface area contributed by atoms with E-state index in [-0.39, 0.29) is 12.8 Å². The summed E-state index contributed by atoms with van der Waals surface area (Å²) in [5.41, 5.74) is 1.18. The van der Waals surface area contributed by atoms with E-state index in [4.69, 9.17) is 3.97 Å². The molecular formula is C23H36O3P2S. The van der Waals surface area contributed by atoms with Crippen LogP contribution in [0, 0.1) is 0 Å². The zero-order chi connectivity index (χ0) is 21.4. The minimum absolute atomic E-state index is 0.0765. The Labute approximate surface area is 179 Å². The van der Waals surface area contributed by atoms with Crippen LogP contribution in [0.4, 0.5) is 0 Å². The fourth-order valence-corrected chi connectivity index (χ4v) is 15.4. The average molecular weight is 455 g/mol. The molecule has 0 unspecified atom stereocenters. The molecule has 0 amide bonds. The van der Waals surface area contributed by atoms with Crippen molar-refractivity contribution in [2.75, 3.05) is 37.0 Å². The monoisotopic (exact) mass is 454 g/mol. The van der Waals surface area contributed by atoms with Gasteiger partial charge in [0, 0.05) is 0 Å². The Morgan fingerprint density at radius 2 is 1.34 bits per heavy atom. The third-order valence-corrected chi connectivity index (χ3v) is 18.3. The molecule has 0 aromatic heterocycles. The molecule has 162 valence electrons. The van der Waals surface area contributed by atoms with Crippen molar-refractivity contribution < 1.29 is 12.4 Å². The third kappa shape index (κ3) is 6.11. The number of hydrogen-bond donors (Lipinski definition) is 0. The summed E-state index contributed by atoms with van der Waals surface area (Å²) >= 11 is 0. The van der Waals surface area contributed by atoms with Crippen LogP contribution in [-0.2, 0) is 20.3 Å². The summed E-state index contributed by atoms with van der Waals surface area (Å²) in [6, 6.07) is 18.9. The SMILES string of the molecule is CCP(CC)CCP(CC)(CC)(Cc1ccccc1)OS(=O)(=O)c1ccccc1. The van der Waals surface area contributed by atoms with Crippen molar-refractivity contribution in [2.24, 2.45) is 0 Å². The Hall–Kier alpha value is -0.790. The van der Waals surface area contributed by atoms with Crippen molar-refractivity contribution in [3.8, 4) is 0 Å². The van der Waals surface area contributed by atoms with E-state index in [1.54, 1.807) is 24.3 Å². The quantitative estimate of drug-likeness (QED) is 0.339. The van der Waals surface area contributed by atoms with Gasteiger partial charge in [-0.1, -0.05) is 0 Å². The third-order valence-electron chi connectivity index (χ3n) is 6.24. The first-order valence-electron chi connectivity index (χ1n) is 10.6. The van der Waals surface area contributed by atoms with Gasteiger partial charge < -0.3 is 0 Å². The van der Waals surface area contributed by atoms with Crippen LogP contribution in [0.15, 0.2) is 65.6 Å². The van der Waals surface area contributed by atoms with Crippen molar-refractivity contribution in [1.29, 1.82) is 0 Å². The zero-order valence-corrected chi connectivity index (χ0v) is 20.9. The molecule has 0 spiro atoms. The Morgan fingerprint density at radius 1 is 0.828 bits per heavy atom. The molecule has 0 N–H and O–H groups in total. The van der Waals surface area contributed by atoms with Gasteiger partial charge in [-0.2, -0.15) is 0 Å². The Morgan fingerprint density at radius 3 is 1.83 bits per heavy atom. The van der Waals surface area contributed by atoms with Crippen LogP contribution in [0.25, 0.3) is 0 Å². The van der Waals surface area contributed by atoms with Crippen molar-refractivity contribution in [3.63, 3.8) is 0 Å². The molecule has 0 saturated carbocycles. The number of rotatable bonds is 12. The van der Waals surface area contributed by atoms with Crippen LogP contribution in [0.1, 0.15) is 33.3 Å². The van der Waals surface area contributed by atoms with Crippen molar-refractivity contribution >= 4 is 24.9 Å². The van der Waals surface area contributed by atoms with E-state index < -0.39 is 16.9 Å². The summed E-state index contributed by atoms with van der Waals surface area (Å²) in [4.78, 5) is 0.261. The van der Waals surface area contributed by atoms with E-state index in [0.717, 1.165) is 30.8 Å². The van der Waals surface area contributed by atoms with Gasteiger partial charge in [0.05, 0.1) is 0 Å². The number of hydrogen-bond acceptors (Lipinski definition) is 3. The average Bonchev–Trinajstić information content (AvgIpc) is 2.75. The molecule has 0 aliphatic carbocycles. The fourth-order valence-electron chi connectivity index (χ4n) is 3.90. The van der Waals surface area contributed by atoms with Crippen molar-refractivity contribution in [1.82, 2.24) is 0 Å². The molecule has 0 fully saturated rings. The van der Waals surface area contributed by atoms with Gasteiger partial charge in [-0.15, -0.1) is 0 Å². The molecule has 0 aliphatic heterocycles. The second kappa shape index (κ2) is 10.5. The fraction of sp³-hybridized carbons (Fsp3) is 0.478. The van der Waals surface area contributed by atoms with Crippen molar-refractivity contribution in [3.05, 3.63) is 66.2 Å². The topological polar surface area (TPSA) is 43.4 Å². The van der Waals surface area contributed by atoms with E-state index in [2.05, 4.69) is 39.8 Å². The maximum absolute atomic E-state index is 13.4. The Kier molecular flexibility index (Phi) is 8.86. The van der Waals surface area contributed by atoms with E-state index in [1.807, 2.05) is 24.3 Å². The van der Waals surface area contributed by atoms with Crippen LogP contribution >= 0.6 is 14.8 Å². The van der Waals surface area contributed by atoms with Crippen molar-refractivity contribution in [2.45, 2.75) is 38.8 Å². The van der Waals surface area contributed by atoms with Gasteiger partial charge in [0.15, 0.2) is 0 Å². The van der Waals surface area contributed by atoms with Crippen LogP contribution in [0.5, 0.6) is 0 Å². The summed E-state index contributed by atoms with van der Waals surface area (Å²) in [7, 11) is -3.89. The molecule has 3 nitrogen and oxygen atoms in total. The molecule has 6 heteroatoms. The maximum atomic E-state index is 13.4. The van der Waals surface area contributed by atoms with Gasteiger partial charge in [-0.3, -0.25) is 0 Å². The van der Waals surface area contributed by atoms with Gasteiger partial charge in [0.1, 0.15) is 0 Å². The summed E-state index contributed by atoms with van der Waals surface area (Å²) in [6.45, 7) is 5.74. The molecule has 0 bridgehead atoms. The molecule has 0 heterocycles. The van der Waals surface area contributed by atoms with Crippen LogP contribution < -0.4 is 0 Å². The molecule has 2 rings (SSSR count). The van der Waals surface area contributed by atoms with E-state index in [1.165, 1.54) is 17.9 Å². The van der Waals surface area contributed by atoms with Crippen LogP contribution in [0.3, 0.4) is 0 Å². The number of benzene rings is 2. The summed E-state index contributed by atoms with van der Waals surface area (Å²) in [5.74, 6) is 0. The first-order chi connectivity index (χ1) is 13.8. The van der Waals surface area contributed by atoms with Crippen LogP contribution in [-0.4, -0.2) is 45.4 Å². The standard InChI is InChI=1S/C23H36O3P2S/c1-5-27(6-2)19-20-28(7-3,8-4,21-22-15-11-9-12-16-22)26-29(24,25)23-17-13-10-14-18-23/h9-18H,5-8,19-21H2,1-4H3. The molecule has 0 saturated heterocycles. The Balaban J connectivity index is 2.52. The molecule has 2 aromatic rings. The summed E-state index contributed by atoms with van der Waals surface area (Å²) < 4.78 is 33.2. The second-order valence-corrected chi connectivity index (χ2v) is 18.5. The van der Waals surface area contributed by atoms with E-state index >= 15 is 0 Å².